The second kappa shape index (κ2) is 8.20. The molecule has 0 atom stereocenters. The first kappa shape index (κ1) is 18.8. The van der Waals surface area contributed by atoms with Crippen molar-refractivity contribution in [3.63, 3.8) is 0 Å². The Kier molecular flexibility index (Phi) is 5.50. The summed E-state index contributed by atoms with van der Waals surface area (Å²) in [6.45, 7) is 10.4. The van der Waals surface area contributed by atoms with E-state index in [1.807, 2.05) is 24.3 Å². The Morgan fingerprint density at radius 2 is 1.64 bits per heavy atom. The molecule has 6 heteroatoms. The molecule has 6 nitrogen and oxygen atoms in total. The summed E-state index contributed by atoms with van der Waals surface area (Å²) in [5, 5.41) is 8.97. The fourth-order valence-corrected chi connectivity index (χ4v) is 3.94. The molecule has 1 saturated heterocycles. The highest BCUT2D eigenvalue weighted by Gasteiger charge is 2.24. The van der Waals surface area contributed by atoms with Gasteiger partial charge in [-0.2, -0.15) is 4.68 Å². The van der Waals surface area contributed by atoms with Crippen LogP contribution in [0.2, 0.25) is 0 Å². The van der Waals surface area contributed by atoms with Gasteiger partial charge in [0.15, 0.2) is 6.67 Å². The highest BCUT2D eigenvalue weighted by molar-refractivity contribution is 5.76. The van der Waals surface area contributed by atoms with Crippen molar-refractivity contribution in [3.05, 3.63) is 70.0 Å². The van der Waals surface area contributed by atoms with Crippen LogP contribution in [-0.4, -0.2) is 41.2 Å². The SMILES string of the molecule is CC(C)c1ccc(C[NH+]2CC[NH+](Cn3nnc4ccccc4c3=O)CC2)cc1. The Morgan fingerprint density at radius 3 is 2.36 bits per heavy atom. The fourth-order valence-electron chi connectivity index (χ4n) is 3.94. The van der Waals surface area contributed by atoms with Crippen LogP contribution < -0.4 is 15.4 Å². The lowest BCUT2D eigenvalue weighted by Crippen LogP contribution is -3.27. The van der Waals surface area contributed by atoms with Crippen molar-refractivity contribution in [2.24, 2.45) is 0 Å². The second-order valence-corrected chi connectivity index (χ2v) is 8.14. The molecule has 1 fully saturated rings. The highest BCUT2D eigenvalue weighted by Crippen LogP contribution is 2.14. The van der Waals surface area contributed by atoms with Crippen molar-refractivity contribution < 1.29 is 9.80 Å². The zero-order valence-corrected chi connectivity index (χ0v) is 16.7. The first-order valence-corrected chi connectivity index (χ1v) is 10.2. The van der Waals surface area contributed by atoms with Gasteiger partial charge in [0.25, 0.3) is 5.56 Å². The summed E-state index contributed by atoms with van der Waals surface area (Å²) in [4.78, 5) is 15.6. The summed E-state index contributed by atoms with van der Waals surface area (Å²) in [6.07, 6.45) is 0. The van der Waals surface area contributed by atoms with E-state index in [9.17, 15) is 4.79 Å². The molecule has 0 bridgehead atoms. The summed E-state index contributed by atoms with van der Waals surface area (Å²) in [5.74, 6) is 0.579. The maximum atomic E-state index is 12.6. The Bertz CT molecular complexity index is 988. The van der Waals surface area contributed by atoms with Crippen molar-refractivity contribution in [2.75, 3.05) is 26.2 Å². The van der Waals surface area contributed by atoms with Gasteiger partial charge in [0.2, 0.25) is 0 Å². The minimum Gasteiger partial charge on any atom is -0.322 e. The summed E-state index contributed by atoms with van der Waals surface area (Å²) < 4.78 is 1.52. The van der Waals surface area contributed by atoms with Gasteiger partial charge in [-0.1, -0.05) is 55.5 Å². The van der Waals surface area contributed by atoms with E-state index < -0.39 is 0 Å². The molecular weight excluding hydrogens is 350 g/mol. The molecular formula is C22H29N5O+2. The van der Waals surface area contributed by atoms with E-state index >= 15 is 0 Å². The third kappa shape index (κ3) is 4.13. The Balaban J connectivity index is 1.34. The summed E-state index contributed by atoms with van der Waals surface area (Å²) in [7, 11) is 0. The van der Waals surface area contributed by atoms with Crippen LogP contribution in [0.4, 0.5) is 0 Å². The molecule has 4 rings (SSSR count). The molecule has 0 spiro atoms. The molecule has 1 aliphatic rings. The van der Waals surface area contributed by atoms with Gasteiger partial charge >= 0.3 is 0 Å². The number of quaternary nitrogens is 2. The molecule has 1 aromatic heterocycles. The third-order valence-corrected chi connectivity index (χ3v) is 5.77. The first-order valence-electron chi connectivity index (χ1n) is 10.2. The molecule has 0 aliphatic carbocycles. The molecule has 0 unspecified atom stereocenters. The van der Waals surface area contributed by atoms with Gasteiger partial charge < -0.3 is 9.80 Å². The second-order valence-electron chi connectivity index (χ2n) is 8.14. The van der Waals surface area contributed by atoms with Crippen molar-refractivity contribution in [2.45, 2.75) is 33.0 Å². The number of nitrogens with zero attached hydrogens (tertiary/aromatic N) is 3. The predicted octanol–water partition coefficient (Wildman–Crippen LogP) is -0.144. The number of hydrogen-bond acceptors (Lipinski definition) is 3. The summed E-state index contributed by atoms with van der Waals surface area (Å²) in [5.41, 5.74) is 3.42. The maximum Gasteiger partial charge on any atom is 0.282 e. The average molecular weight is 380 g/mol. The largest absolute Gasteiger partial charge is 0.322 e. The van der Waals surface area contributed by atoms with E-state index in [2.05, 4.69) is 48.4 Å². The van der Waals surface area contributed by atoms with Gasteiger partial charge in [-0.15, -0.1) is 5.10 Å². The monoisotopic (exact) mass is 379 g/mol. The smallest absolute Gasteiger partial charge is 0.282 e. The molecule has 146 valence electrons. The molecule has 3 aromatic rings. The Hall–Kier alpha value is -2.57. The molecule has 2 heterocycles. The van der Waals surface area contributed by atoms with Crippen molar-refractivity contribution in [3.8, 4) is 0 Å². The van der Waals surface area contributed by atoms with E-state index in [1.54, 1.807) is 4.90 Å². The molecule has 2 aromatic carbocycles. The normalized spacial score (nSPS) is 20.0. The van der Waals surface area contributed by atoms with Gasteiger partial charge in [0, 0.05) is 5.56 Å². The van der Waals surface area contributed by atoms with Crippen LogP contribution in [0.1, 0.15) is 30.9 Å². The number of fused-ring (bicyclic) bond motifs is 1. The summed E-state index contributed by atoms with van der Waals surface area (Å²) in [6, 6.07) is 16.5. The molecule has 28 heavy (non-hydrogen) atoms. The van der Waals surface area contributed by atoms with Crippen LogP contribution in [0, 0.1) is 0 Å². The maximum absolute atomic E-state index is 12.6. The number of benzene rings is 2. The number of piperazine rings is 1. The van der Waals surface area contributed by atoms with E-state index in [0.717, 1.165) is 32.7 Å². The van der Waals surface area contributed by atoms with Crippen LogP contribution in [0.5, 0.6) is 0 Å². The van der Waals surface area contributed by atoms with Crippen molar-refractivity contribution >= 4 is 10.9 Å². The number of aromatic nitrogens is 3. The lowest BCUT2D eigenvalue weighted by atomic mass is 10.0. The van der Waals surface area contributed by atoms with Crippen LogP contribution in [0.15, 0.2) is 53.3 Å². The fraction of sp³-hybridized carbons (Fsp3) is 0.409. The Morgan fingerprint density at radius 1 is 0.964 bits per heavy atom. The molecule has 0 radical (unpaired) electrons. The number of hydrogen-bond donors (Lipinski definition) is 2. The lowest BCUT2D eigenvalue weighted by Gasteiger charge is -2.29. The topological polar surface area (TPSA) is 56.7 Å². The van der Waals surface area contributed by atoms with Crippen LogP contribution in [0.3, 0.4) is 0 Å². The Labute approximate surface area is 165 Å². The molecule has 2 N–H and O–H groups in total. The van der Waals surface area contributed by atoms with E-state index in [-0.39, 0.29) is 5.56 Å². The van der Waals surface area contributed by atoms with Crippen molar-refractivity contribution in [1.82, 2.24) is 15.0 Å². The third-order valence-electron chi connectivity index (χ3n) is 5.77. The van der Waals surface area contributed by atoms with Crippen LogP contribution in [0.25, 0.3) is 10.9 Å². The van der Waals surface area contributed by atoms with E-state index in [0.29, 0.717) is 23.5 Å². The molecule has 1 aliphatic heterocycles. The van der Waals surface area contributed by atoms with Gasteiger partial charge in [-0.05, 0) is 23.6 Å². The van der Waals surface area contributed by atoms with E-state index in [1.165, 1.54) is 20.7 Å². The molecule has 0 saturated carbocycles. The number of rotatable bonds is 5. The van der Waals surface area contributed by atoms with Crippen LogP contribution in [-0.2, 0) is 13.2 Å². The summed E-state index contributed by atoms with van der Waals surface area (Å²) >= 11 is 0. The van der Waals surface area contributed by atoms with Gasteiger partial charge in [-0.3, -0.25) is 4.79 Å². The van der Waals surface area contributed by atoms with E-state index in [4.69, 9.17) is 0 Å². The zero-order valence-electron chi connectivity index (χ0n) is 16.7. The van der Waals surface area contributed by atoms with Gasteiger partial charge in [-0.25, -0.2) is 0 Å². The highest BCUT2D eigenvalue weighted by atomic mass is 16.1. The quantitative estimate of drug-likeness (QED) is 0.649. The van der Waals surface area contributed by atoms with Crippen molar-refractivity contribution in [1.29, 1.82) is 0 Å². The average Bonchev–Trinajstić information content (AvgIpc) is 2.72. The minimum absolute atomic E-state index is 0.0434. The predicted molar refractivity (Wildman–Crippen MR) is 109 cm³/mol. The minimum atomic E-state index is -0.0434. The number of nitrogens with one attached hydrogen (secondary N) is 2. The van der Waals surface area contributed by atoms with Crippen LogP contribution >= 0.6 is 0 Å². The first-order chi connectivity index (χ1) is 13.6. The standard InChI is InChI=1S/C22H27N5O/c1-17(2)19-9-7-18(8-10-19)15-25-11-13-26(14-12-25)16-27-22(28)20-5-3-4-6-21(20)23-24-27/h3-10,17H,11-16H2,1-2H3/p+2. The van der Waals surface area contributed by atoms with Gasteiger partial charge in [0.1, 0.15) is 38.2 Å². The zero-order chi connectivity index (χ0) is 19.5. The lowest BCUT2D eigenvalue weighted by molar-refractivity contribution is -1.03. The van der Waals surface area contributed by atoms with Gasteiger partial charge in [0.05, 0.1) is 5.39 Å². The molecule has 0 amide bonds.